The van der Waals surface area contributed by atoms with Crippen LogP contribution in [0.1, 0.15) is 24.8 Å². The number of hydrogen-bond donors (Lipinski definition) is 2. The summed E-state index contributed by atoms with van der Waals surface area (Å²) in [5.41, 5.74) is 5.94. The second-order valence-electron chi connectivity index (χ2n) is 4.95. The fourth-order valence-corrected chi connectivity index (χ4v) is 3.31. The molecule has 0 atom stereocenters. The first-order chi connectivity index (χ1) is 9.52. The summed E-state index contributed by atoms with van der Waals surface area (Å²) in [6.45, 7) is 0. The zero-order valence-corrected chi connectivity index (χ0v) is 13.4. The van der Waals surface area contributed by atoms with Crippen molar-refractivity contribution in [3.8, 4) is 0 Å². The lowest BCUT2D eigenvalue weighted by Crippen LogP contribution is -2.51. The van der Waals surface area contributed by atoms with Gasteiger partial charge in [-0.1, -0.05) is 28.1 Å². The van der Waals surface area contributed by atoms with Crippen LogP contribution in [0.4, 0.5) is 0 Å². The van der Waals surface area contributed by atoms with Crippen molar-refractivity contribution in [3.05, 3.63) is 34.3 Å². The Kier molecular flexibility index (Phi) is 5.10. The standard InChI is InChI=1S/C14H17BrN2O2S/c15-11-4-1-3-10(7-11)14(5-2-6-14)17-13(19)9-20-8-12(16)18/h1,3-4,7H,2,5-6,8-9H2,(H2,16,18)(H,17,19). The van der Waals surface area contributed by atoms with Crippen LogP contribution >= 0.6 is 27.7 Å². The van der Waals surface area contributed by atoms with Crippen LogP contribution in [0.3, 0.4) is 0 Å². The van der Waals surface area contributed by atoms with Crippen LogP contribution in [0.5, 0.6) is 0 Å². The van der Waals surface area contributed by atoms with Crippen molar-refractivity contribution in [1.29, 1.82) is 0 Å². The Labute approximate surface area is 131 Å². The lowest BCUT2D eigenvalue weighted by atomic mass is 9.72. The van der Waals surface area contributed by atoms with E-state index in [1.807, 2.05) is 18.2 Å². The molecule has 108 valence electrons. The maximum absolute atomic E-state index is 12.0. The largest absolute Gasteiger partial charge is 0.369 e. The van der Waals surface area contributed by atoms with Crippen LogP contribution in [-0.2, 0) is 15.1 Å². The fraction of sp³-hybridized carbons (Fsp3) is 0.429. The van der Waals surface area contributed by atoms with Gasteiger partial charge in [-0.2, -0.15) is 0 Å². The molecule has 0 unspecified atom stereocenters. The maximum atomic E-state index is 12.0. The number of amides is 2. The minimum Gasteiger partial charge on any atom is -0.369 e. The monoisotopic (exact) mass is 356 g/mol. The Bertz CT molecular complexity index is 518. The lowest BCUT2D eigenvalue weighted by Gasteiger charge is -2.43. The molecule has 6 heteroatoms. The molecule has 1 aromatic rings. The lowest BCUT2D eigenvalue weighted by molar-refractivity contribution is -0.121. The molecule has 4 nitrogen and oxygen atoms in total. The highest BCUT2D eigenvalue weighted by molar-refractivity contribution is 9.10. The van der Waals surface area contributed by atoms with Gasteiger partial charge in [-0.05, 0) is 37.0 Å². The first kappa shape index (κ1) is 15.4. The maximum Gasteiger partial charge on any atom is 0.230 e. The van der Waals surface area contributed by atoms with E-state index >= 15 is 0 Å². The molecule has 0 heterocycles. The van der Waals surface area contributed by atoms with E-state index in [0.29, 0.717) is 0 Å². The van der Waals surface area contributed by atoms with Gasteiger partial charge in [-0.15, -0.1) is 11.8 Å². The van der Waals surface area contributed by atoms with Gasteiger partial charge in [0, 0.05) is 4.47 Å². The van der Waals surface area contributed by atoms with Crippen LogP contribution in [0.15, 0.2) is 28.7 Å². The van der Waals surface area contributed by atoms with E-state index in [0.717, 1.165) is 29.3 Å². The molecule has 1 aliphatic carbocycles. The molecule has 0 spiro atoms. The number of hydrogen-bond acceptors (Lipinski definition) is 3. The molecule has 3 N–H and O–H groups in total. The van der Waals surface area contributed by atoms with Crippen LogP contribution in [-0.4, -0.2) is 23.3 Å². The zero-order valence-electron chi connectivity index (χ0n) is 11.0. The first-order valence-electron chi connectivity index (χ1n) is 6.45. The van der Waals surface area contributed by atoms with Gasteiger partial charge in [0.05, 0.1) is 17.0 Å². The van der Waals surface area contributed by atoms with Crippen LogP contribution in [0.25, 0.3) is 0 Å². The molecule has 1 aromatic carbocycles. The highest BCUT2D eigenvalue weighted by Crippen LogP contribution is 2.41. The molecule has 0 bridgehead atoms. The van der Waals surface area contributed by atoms with E-state index < -0.39 is 5.91 Å². The van der Waals surface area contributed by atoms with Gasteiger partial charge in [-0.3, -0.25) is 9.59 Å². The van der Waals surface area contributed by atoms with E-state index in [1.54, 1.807) is 0 Å². The van der Waals surface area contributed by atoms with E-state index in [1.165, 1.54) is 11.8 Å². The van der Waals surface area contributed by atoms with E-state index in [9.17, 15) is 9.59 Å². The summed E-state index contributed by atoms with van der Waals surface area (Å²) in [7, 11) is 0. The predicted octanol–water partition coefficient (Wildman–Crippen LogP) is 2.16. The Balaban J connectivity index is 1.98. The second-order valence-corrected chi connectivity index (χ2v) is 6.85. The van der Waals surface area contributed by atoms with E-state index in [4.69, 9.17) is 5.73 Å². The van der Waals surface area contributed by atoms with Gasteiger partial charge in [0.15, 0.2) is 0 Å². The summed E-state index contributed by atoms with van der Waals surface area (Å²) in [5, 5.41) is 3.11. The number of rotatable bonds is 6. The summed E-state index contributed by atoms with van der Waals surface area (Å²) in [6, 6.07) is 8.05. The summed E-state index contributed by atoms with van der Waals surface area (Å²) in [5.74, 6) is -0.000199. The molecule has 1 fully saturated rings. The zero-order chi connectivity index (χ0) is 14.6. The minimum absolute atomic E-state index is 0.0454. The average Bonchev–Trinajstić information content (AvgIpc) is 2.33. The third-order valence-electron chi connectivity index (χ3n) is 3.44. The SMILES string of the molecule is NC(=O)CSCC(=O)NC1(c2cccc(Br)c2)CCC1. The van der Waals surface area contributed by atoms with Crippen LogP contribution < -0.4 is 11.1 Å². The molecule has 0 saturated heterocycles. The number of nitrogens with two attached hydrogens (primary N) is 1. The number of thioether (sulfide) groups is 1. The van der Waals surface area contributed by atoms with Gasteiger partial charge in [-0.25, -0.2) is 0 Å². The molecule has 0 radical (unpaired) electrons. The molecule has 20 heavy (non-hydrogen) atoms. The highest BCUT2D eigenvalue weighted by atomic mass is 79.9. The predicted molar refractivity (Wildman–Crippen MR) is 84.3 cm³/mol. The Morgan fingerprint density at radius 2 is 2.10 bits per heavy atom. The third kappa shape index (κ3) is 3.76. The molecule has 2 amide bonds. The molecule has 2 rings (SSSR count). The summed E-state index contributed by atoms with van der Waals surface area (Å²) in [6.07, 6.45) is 3.02. The average molecular weight is 357 g/mol. The van der Waals surface area contributed by atoms with Crippen LogP contribution in [0.2, 0.25) is 0 Å². The number of carbonyl (C=O) groups excluding carboxylic acids is 2. The van der Waals surface area contributed by atoms with Crippen molar-refractivity contribution in [1.82, 2.24) is 5.32 Å². The highest BCUT2D eigenvalue weighted by Gasteiger charge is 2.39. The van der Waals surface area contributed by atoms with Crippen molar-refractivity contribution in [2.45, 2.75) is 24.8 Å². The number of carbonyl (C=O) groups is 2. The smallest absolute Gasteiger partial charge is 0.230 e. The van der Waals surface area contributed by atoms with Gasteiger partial charge in [0.2, 0.25) is 11.8 Å². The summed E-state index contributed by atoms with van der Waals surface area (Å²) >= 11 is 4.71. The molecule has 1 saturated carbocycles. The van der Waals surface area contributed by atoms with Gasteiger partial charge < -0.3 is 11.1 Å². The fourth-order valence-electron chi connectivity index (χ4n) is 2.35. The molecular formula is C14H17BrN2O2S. The minimum atomic E-state index is -0.395. The quantitative estimate of drug-likeness (QED) is 0.820. The number of halogens is 1. The van der Waals surface area contributed by atoms with Gasteiger partial charge >= 0.3 is 0 Å². The third-order valence-corrected chi connectivity index (χ3v) is 4.89. The van der Waals surface area contributed by atoms with Gasteiger partial charge in [0.1, 0.15) is 0 Å². The molecule has 0 aromatic heterocycles. The Morgan fingerprint density at radius 3 is 2.65 bits per heavy atom. The van der Waals surface area contributed by atoms with Crippen molar-refractivity contribution < 1.29 is 9.59 Å². The van der Waals surface area contributed by atoms with E-state index in [-0.39, 0.29) is 23.0 Å². The Morgan fingerprint density at radius 1 is 1.35 bits per heavy atom. The number of nitrogens with one attached hydrogen (secondary N) is 1. The van der Waals surface area contributed by atoms with Crippen molar-refractivity contribution in [3.63, 3.8) is 0 Å². The summed E-state index contributed by atoms with van der Waals surface area (Å²) in [4.78, 5) is 22.7. The van der Waals surface area contributed by atoms with Crippen molar-refractivity contribution >= 4 is 39.5 Å². The molecule has 0 aliphatic heterocycles. The number of primary amides is 1. The normalized spacial score (nSPS) is 16.2. The Hall–Kier alpha value is -1.01. The topological polar surface area (TPSA) is 72.2 Å². The molecular weight excluding hydrogens is 340 g/mol. The molecule has 1 aliphatic rings. The second kappa shape index (κ2) is 6.63. The van der Waals surface area contributed by atoms with Gasteiger partial charge in [0.25, 0.3) is 0 Å². The summed E-state index contributed by atoms with van der Waals surface area (Å²) < 4.78 is 1.01. The van der Waals surface area contributed by atoms with Crippen molar-refractivity contribution in [2.75, 3.05) is 11.5 Å². The number of benzene rings is 1. The van der Waals surface area contributed by atoms with Crippen LogP contribution in [0, 0.1) is 0 Å². The van der Waals surface area contributed by atoms with E-state index in [2.05, 4.69) is 27.3 Å². The van der Waals surface area contributed by atoms with Crippen molar-refractivity contribution in [2.24, 2.45) is 5.73 Å². The first-order valence-corrected chi connectivity index (χ1v) is 8.40.